The van der Waals surface area contributed by atoms with Crippen LogP contribution in [0.5, 0.6) is 0 Å². The maximum absolute atomic E-state index is 2.50. The highest BCUT2D eigenvalue weighted by Gasteiger charge is 2.24. The number of anilines is 3. The molecule has 0 aliphatic heterocycles. The van der Waals surface area contributed by atoms with E-state index in [-0.39, 0.29) is 0 Å². The molecule has 0 amide bonds. The molecule has 2 nitrogen and oxygen atoms in total. The summed E-state index contributed by atoms with van der Waals surface area (Å²) in [7, 11) is 0. The van der Waals surface area contributed by atoms with Crippen LogP contribution in [-0.4, -0.2) is 4.57 Å². The van der Waals surface area contributed by atoms with Gasteiger partial charge < -0.3 is 9.47 Å². The Kier molecular flexibility index (Phi) is 7.18. The average molecular weight is 663 g/mol. The molecule has 0 radical (unpaired) electrons. The van der Waals surface area contributed by atoms with Gasteiger partial charge in [-0.2, -0.15) is 0 Å². The van der Waals surface area contributed by atoms with Crippen LogP contribution in [-0.2, 0) is 0 Å². The molecule has 0 atom stereocenters. The zero-order valence-electron chi connectivity index (χ0n) is 28.5. The van der Waals surface area contributed by atoms with Crippen LogP contribution in [0.1, 0.15) is 0 Å². The van der Waals surface area contributed by atoms with Gasteiger partial charge in [0.1, 0.15) is 0 Å². The third-order valence-electron chi connectivity index (χ3n) is 10.4. The molecule has 0 aliphatic rings. The predicted octanol–water partition coefficient (Wildman–Crippen LogP) is 13.9. The molecular weight excluding hydrogens is 629 g/mol. The molecule has 0 spiro atoms. The standard InChI is InChI=1S/C50H34N2/c1-2-16-36(17-3-1)42-33-32-38(40-26-14-20-35-18-4-6-22-39(35)40)34-50(42)52(45-31-15-21-37-19-5-7-23-41(37)45)49-30-13-12-29-48(49)51-46-27-10-8-24-43(46)44-25-9-11-28-47(44)51/h1-34H. The molecule has 1 heterocycles. The number of rotatable bonds is 6. The summed E-state index contributed by atoms with van der Waals surface area (Å²) in [5.74, 6) is 0. The Morgan fingerprint density at radius 2 is 0.846 bits per heavy atom. The van der Waals surface area contributed by atoms with Gasteiger partial charge in [-0.05, 0) is 69.2 Å². The summed E-state index contributed by atoms with van der Waals surface area (Å²) in [6.45, 7) is 0. The summed E-state index contributed by atoms with van der Waals surface area (Å²) in [4.78, 5) is 2.50. The molecule has 9 aromatic carbocycles. The quantitative estimate of drug-likeness (QED) is 0.172. The average Bonchev–Trinajstić information content (AvgIpc) is 3.55. The van der Waals surface area contributed by atoms with E-state index in [1.807, 2.05) is 0 Å². The first-order valence-electron chi connectivity index (χ1n) is 17.9. The topological polar surface area (TPSA) is 8.17 Å². The number of nitrogens with zero attached hydrogens (tertiary/aromatic N) is 2. The molecule has 0 aliphatic carbocycles. The van der Waals surface area contributed by atoms with E-state index in [9.17, 15) is 0 Å². The number of hydrogen-bond donors (Lipinski definition) is 0. The van der Waals surface area contributed by atoms with Crippen molar-refractivity contribution in [2.24, 2.45) is 0 Å². The van der Waals surface area contributed by atoms with Crippen LogP contribution in [0.4, 0.5) is 17.1 Å². The van der Waals surface area contributed by atoms with Gasteiger partial charge in [0.05, 0.1) is 33.8 Å². The van der Waals surface area contributed by atoms with Crippen molar-refractivity contribution in [1.82, 2.24) is 4.57 Å². The highest BCUT2D eigenvalue weighted by Crippen LogP contribution is 2.48. The Morgan fingerprint density at radius 1 is 0.308 bits per heavy atom. The molecule has 10 rings (SSSR count). The Bertz CT molecular complexity index is 2850. The van der Waals surface area contributed by atoms with Crippen molar-refractivity contribution < 1.29 is 0 Å². The minimum atomic E-state index is 1.10. The highest BCUT2D eigenvalue weighted by atomic mass is 15.2. The van der Waals surface area contributed by atoms with E-state index in [4.69, 9.17) is 0 Å². The van der Waals surface area contributed by atoms with Crippen molar-refractivity contribution in [1.29, 1.82) is 0 Å². The van der Waals surface area contributed by atoms with Gasteiger partial charge in [-0.15, -0.1) is 0 Å². The normalized spacial score (nSPS) is 11.5. The van der Waals surface area contributed by atoms with Crippen LogP contribution < -0.4 is 4.90 Å². The van der Waals surface area contributed by atoms with E-state index in [1.165, 1.54) is 60.0 Å². The second-order valence-electron chi connectivity index (χ2n) is 13.3. The molecule has 0 unspecified atom stereocenters. The van der Waals surface area contributed by atoms with Crippen molar-refractivity contribution in [2.45, 2.75) is 0 Å². The maximum atomic E-state index is 2.50. The van der Waals surface area contributed by atoms with E-state index in [1.54, 1.807) is 0 Å². The maximum Gasteiger partial charge on any atom is 0.0702 e. The molecule has 0 N–H and O–H groups in total. The third kappa shape index (κ3) is 4.88. The lowest BCUT2D eigenvalue weighted by Gasteiger charge is -2.31. The molecule has 0 fully saturated rings. The van der Waals surface area contributed by atoms with Crippen LogP contribution in [0, 0.1) is 0 Å². The van der Waals surface area contributed by atoms with Gasteiger partial charge in [-0.25, -0.2) is 0 Å². The molecule has 0 bridgehead atoms. The van der Waals surface area contributed by atoms with E-state index >= 15 is 0 Å². The SMILES string of the molecule is c1ccc(-c2ccc(-c3cccc4ccccc34)cc2N(c2ccccc2-n2c3ccccc3c3ccccc32)c2cccc3ccccc23)cc1. The van der Waals surface area contributed by atoms with Gasteiger partial charge in [-0.1, -0.05) is 170 Å². The lowest BCUT2D eigenvalue weighted by molar-refractivity contribution is 1.15. The van der Waals surface area contributed by atoms with E-state index < -0.39 is 0 Å². The summed E-state index contributed by atoms with van der Waals surface area (Å²) < 4.78 is 2.44. The van der Waals surface area contributed by atoms with Crippen molar-refractivity contribution in [2.75, 3.05) is 4.90 Å². The van der Waals surface area contributed by atoms with Gasteiger partial charge in [0, 0.05) is 21.7 Å². The number of hydrogen-bond acceptors (Lipinski definition) is 1. The zero-order valence-corrected chi connectivity index (χ0v) is 28.5. The Labute approximate surface area is 303 Å². The molecule has 2 heteroatoms. The number of aromatic nitrogens is 1. The zero-order chi connectivity index (χ0) is 34.4. The second-order valence-corrected chi connectivity index (χ2v) is 13.3. The van der Waals surface area contributed by atoms with Crippen LogP contribution in [0.25, 0.3) is 71.3 Å². The van der Waals surface area contributed by atoms with E-state index in [2.05, 4.69) is 216 Å². The molecular formula is C50H34N2. The summed E-state index contributed by atoms with van der Waals surface area (Å²) in [6.07, 6.45) is 0. The van der Waals surface area contributed by atoms with E-state index in [0.717, 1.165) is 28.3 Å². The summed E-state index contributed by atoms with van der Waals surface area (Å²) in [5, 5.41) is 7.35. The predicted molar refractivity (Wildman–Crippen MR) is 221 cm³/mol. The first-order chi connectivity index (χ1) is 25.8. The monoisotopic (exact) mass is 662 g/mol. The molecule has 1 aromatic heterocycles. The lowest BCUT2D eigenvalue weighted by Crippen LogP contribution is -2.14. The summed E-state index contributed by atoms with van der Waals surface area (Å²) >= 11 is 0. The molecule has 244 valence electrons. The van der Waals surface area contributed by atoms with Crippen LogP contribution in [0.2, 0.25) is 0 Å². The van der Waals surface area contributed by atoms with Crippen LogP contribution in [0.15, 0.2) is 206 Å². The second kappa shape index (κ2) is 12.5. The minimum absolute atomic E-state index is 1.10. The Balaban J connectivity index is 1.33. The van der Waals surface area contributed by atoms with Crippen molar-refractivity contribution in [3.63, 3.8) is 0 Å². The van der Waals surface area contributed by atoms with Crippen LogP contribution in [0.3, 0.4) is 0 Å². The van der Waals surface area contributed by atoms with Gasteiger partial charge in [0.2, 0.25) is 0 Å². The molecule has 0 saturated heterocycles. The fourth-order valence-electron chi connectivity index (χ4n) is 8.04. The van der Waals surface area contributed by atoms with E-state index in [0.29, 0.717) is 0 Å². The number of benzene rings is 9. The smallest absolute Gasteiger partial charge is 0.0702 e. The van der Waals surface area contributed by atoms with Crippen molar-refractivity contribution in [3.05, 3.63) is 206 Å². The fraction of sp³-hybridized carbons (Fsp3) is 0. The first-order valence-corrected chi connectivity index (χ1v) is 17.9. The van der Waals surface area contributed by atoms with Crippen molar-refractivity contribution >= 4 is 60.4 Å². The Morgan fingerprint density at radius 3 is 1.60 bits per heavy atom. The summed E-state index contributed by atoms with van der Waals surface area (Å²) in [5.41, 5.74) is 11.5. The van der Waals surface area contributed by atoms with Gasteiger partial charge >= 0.3 is 0 Å². The van der Waals surface area contributed by atoms with Gasteiger partial charge in [0.15, 0.2) is 0 Å². The molecule has 0 saturated carbocycles. The first kappa shape index (κ1) is 30.0. The highest BCUT2D eigenvalue weighted by molar-refractivity contribution is 6.10. The number of para-hydroxylation sites is 4. The molecule has 52 heavy (non-hydrogen) atoms. The Hall–Kier alpha value is -6.90. The van der Waals surface area contributed by atoms with Crippen molar-refractivity contribution in [3.8, 4) is 27.9 Å². The largest absolute Gasteiger partial charge is 0.307 e. The van der Waals surface area contributed by atoms with Crippen LogP contribution >= 0.6 is 0 Å². The van der Waals surface area contributed by atoms with Gasteiger partial charge in [-0.3, -0.25) is 0 Å². The summed E-state index contributed by atoms with van der Waals surface area (Å²) in [6, 6.07) is 74.9. The minimum Gasteiger partial charge on any atom is -0.307 e. The van der Waals surface area contributed by atoms with Gasteiger partial charge in [0.25, 0.3) is 0 Å². The molecule has 10 aromatic rings. The fourth-order valence-corrected chi connectivity index (χ4v) is 8.04. The lowest BCUT2D eigenvalue weighted by atomic mass is 9.93. The third-order valence-corrected chi connectivity index (χ3v) is 10.4. The number of fused-ring (bicyclic) bond motifs is 5.